The van der Waals surface area contributed by atoms with Gasteiger partial charge in [-0.25, -0.2) is 4.98 Å². The minimum atomic E-state index is -0.125. The third-order valence-electron chi connectivity index (χ3n) is 3.27. The number of anilines is 1. The van der Waals surface area contributed by atoms with E-state index in [1.807, 2.05) is 19.1 Å². The minimum Gasteiger partial charge on any atom is -0.326 e. The quantitative estimate of drug-likeness (QED) is 0.783. The topological polar surface area (TPSA) is 46.4 Å². The predicted octanol–water partition coefficient (Wildman–Crippen LogP) is 4.13. The minimum absolute atomic E-state index is 0.125. The SMILES string of the molecule is Cc1cc(Cl)ccc1NC(=O)Cc1cn2cc(Cl)ccc2n1. The number of hydrogen-bond donors (Lipinski definition) is 1. The summed E-state index contributed by atoms with van der Waals surface area (Å²) in [7, 11) is 0. The standard InChI is InChI=1S/C16H13Cl2N3O/c1-10-6-11(17)2-4-14(10)20-16(22)7-13-9-21-8-12(18)3-5-15(21)19-13/h2-6,8-9H,7H2,1H3,(H,20,22). The fraction of sp³-hybridized carbons (Fsp3) is 0.125. The third-order valence-corrected chi connectivity index (χ3v) is 3.73. The number of carbonyl (C=O) groups excluding carboxylic acids is 1. The molecular formula is C16H13Cl2N3O. The number of halogens is 2. The Bertz CT molecular complexity index is 858. The van der Waals surface area contributed by atoms with Crippen LogP contribution in [-0.4, -0.2) is 15.3 Å². The molecule has 0 saturated heterocycles. The van der Waals surface area contributed by atoms with Gasteiger partial charge >= 0.3 is 0 Å². The Morgan fingerprint density at radius 1 is 1.18 bits per heavy atom. The fourth-order valence-electron chi connectivity index (χ4n) is 2.23. The lowest BCUT2D eigenvalue weighted by molar-refractivity contribution is -0.115. The summed E-state index contributed by atoms with van der Waals surface area (Å²) in [4.78, 5) is 16.5. The van der Waals surface area contributed by atoms with E-state index in [0.717, 1.165) is 16.9 Å². The van der Waals surface area contributed by atoms with Gasteiger partial charge in [0.05, 0.1) is 17.1 Å². The molecule has 3 aromatic rings. The first kappa shape index (κ1) is 14.9. The van der Waals surface area contributed by atoms with E-state index in [0.29, 0.717) is 15.7 Å². The Morgan fingerprint density at radius 2 is 1.95 bits per heavy atom. The van der Waals surface area contributed by atoms with Crippen LogP contribution in [0.25, 0.3) is 5.65 Å². The van der Waals surface area contributed by atoms with Crippen molar-refractivity contribution in [2.75, 3.05) is 5.32 Å². The first-order valence-corrected chi connectivity index (χ1v) is 7.46. The molecular weight excluding hydrogens is 321 g/mol. The summed E-state index contributed by atoms with van der Waals surface area (Å²) in [6.45, 7) is 1.90. The van der Waals surface area contributed by atoms with Gasteiger partial charge in [-0.2, -0.15) is 0 Å². The van der Waals surface area contributed by atoms with Crippen LogP contribution in [0.1, 0.15) is 11.3 Å². The number of aryl methyl sites for hydroxylation is 1. The molecule has 0 spiro atoms. The maximum atomic E-state index is 12.1. The molecule has 0 bridgehead atoms. The molecule has 1 amide bonds. The van der Waals surface area contributed by atoms with Gasteiger partial charge in [0.15, 0.2) is 0 Å². The van der Waals surface area contributed by atoms with E-state index < -0.39 is 0 Å². The molecule has 112 valence electrons. The van der Waals surface area contributed by atoms with Crippen molar-refractivity contribution < 1.29 is 4.79 Å². The Kier molecular flexibility index (Phi) is 4.05. The summed E-state index contributed by atoms with van der Waals surface area (Å²) in [5, 5.41) is 4.14. The molecule has 0 radical (unpaired) electrons. The first-order chi connectivity index (χ1) is 10.5. The van der Waals surface area contributed by atoms with Crippen molar-refractivity contribution in [2.45, 2.75) is 13.3 Å². The maximum Gasteiger partial charge on any atom is 0.230 e. The Labute approximate surface area is 137 Å². The van der Waals surface area contributed by atoms with E-state index in [1.54, 1.807) is 35.0 Å². The molecule has 2 heterocycles. The van der Waals surface area contributed by atoms with Crippen LogP contribution in [0.5, 0.6) is 0 Å². The third kappa shape index (κ3) is 3.24. The summed E-state index contributed by atoms with van der Waals surface area (Å²) in [5.74, 6) is -0.125. The number of amides is 1. The first-order valence-electron chi connectivity index (χ1n) is 6.70. The summed E-state index contributed by atoms with van der Waals surface area (Å²) < 4.78 is 1.80. The molecule has 2 aromatic heterocycles. The van der Waals surface area contributed by atoms with Crippen LogP contribution in [0.3, 0.4) is 0 Å². The maximum absolute atomic E-state index is 12.1. The van der Waals surface area contributed by atoms with Crippen LogP contribution >= 0.6 is 23.2 Å². The molecule has 4 nitrogen and oxygen atoms in total. The predicted molar refractivity (Wildman–Crippen MR) is 88.7 cm³/mol. The van der Waals surface area contributed by atoms with Crippen molar-refractivity contribution >= 4 is 40.4 Å². The lowest BCUT2D eigenvalue weighted by Crippen LogP contribution is -2.15. The Balaban J connectivity index is 1.75. The average Bonchev–Trinajstić information content (AvgIpc) is 2.83. The van der Waals surface area contributed by atoms with Crippen molar-refractivity contribution in [3.63, 3.8) is 0 Å². The van der Waals surface area contributed by atoms with E-state index in [1.165, 1.54) is 0 Å². The highest BCUT2D eigenvalue weighted by atomic mass is 35.5. The number of nitrogens with one attached hydrogen (secondary N) is 1. The second-order valence-electron chi connectivity index (χ2n) is 5.03. The molecule has 0 fully saturated rings. The Hall–Kier alpha value is -2.04. The largest absolute Gasteiger partial charge is 0.326 e. The van der Waals surface area contributed by atoms with Crippen molar-refractivity contribution in [1.29, 1.82) is 0 Å². The lowest BCUT2D eigenvalue weighted by Gasteiger charge is -2.07. The number of carbonyl (C=O) groups is 1. The van der Waals surface area contributed by atoms with E-state index >= 15 is 0 Å². The van der Waals surface area contributed by atoms with E-state index in [9.17, 15) is 4.79 Å². The van der Waals surface area contributed by atoms with Crippen LogP contribution in [0.4, 0.5) is 5.69 Å². The highest BCUT2D eigenvalue weighted by Crippen LogP contribution is 2.20. The van der Waals surface area contributed by atoms with Gasteiger partial charge in [0, 0.05) is 23.1 Å². The van der Waals surface area contributed by atoms with Crippen molar-refractivity contribution in [3.05, 3.63) is 64.0 Å². The molecule has 0 aliphatic heterocycles. The van der Waals surface area contributed by atoms with Gasteiger partial charge in [-0.1, -0.05) is 23.2 Å². The normalized spacial score (nSPS) is 10.9. The number of pyridine rings is 1. The number of aromatic nitrogens is 2. The number of imidazole rings is 1. The van der Waals surface area contributed by atoms with Crippen molar-refractivity contribution in [3.8, 4) is 0 Å². The monoisotopic (exact) mass is 333 g/mol. The lowest BCUT2D eigenvalue weighted by atomic mass is 10.2. The number of hydrogen-bond acceptors (Lipinski definition) is 2. The van der Waals surface area contributed by atoms with Gasteiger partial charge in [-0.05, 0) is 42.8 Å². The number of nitrogens with zero attached hydrogens (tertiary/aromatic N) is 2. The molecule has 0 atom stereocenters. The van der Waals surface area contributed by atoms with Crippen LogP contribution in [0.2, 0.25) is 10.0 Å². The van der Waals surface area contributed by atoms with Gasteiger partial charge in [0.2, 0.25) is 5.91 Å². The molecule has 0 saturated carbocycles. The van der Waals surface area contributed by atoms with Gasteiger partial charge < -0.3 is 9.72 Å². The number of rotatable bonds is 3. The fourth-order valence-corrected chi connectivity index (χ4v) is 2.62. The van der Waals surface area contributed by atoms with Crippen LogP contribution in [0, 0.1) is 6.92 Å². The summed E-state index contributed by atoms with van der Waals surface area (Å²) in [5.41, 5.74) is 3.12. The zero-order valence-electron chi connectivity index (χ0n) is 11.8. The molecule has 0 aliphatic carbocycles. The summed E-state index contributed by atoms with van der Waals surface area (Å²) in [6, 6.07) is 8.93. The molecule has 1 aromatic carbocycles. The smallest absolute Gasteiger partial charge is 0.230 e. The highest BCUT2D eigenvalue weighted by molar-refractivity contribution is 6.31. The van der Waals surface area contributed by atoms with Crippen LogP contribution in [-0.2, 0) is 11.2 Å². The highest BCUT2D eigenvalue weighted by Gasteiger charge is 2.09. The van der Waals surface area contributed by atoms with Gasteiger partial charge in [-0.15, -0.1) is 0 Å². The van der Waals surface area contributed by atoms with Crippen molar-refractivity contribution in [1.82, 2.24) is 9.38 Å². The second-order valence-corrected chi connectivity index (χ2v) is 5.90. The average molecular weight is 334 g/mol. The number of fused-ring (bicyclic) bond motifs is 1. The second kappa shape index (κ2) is 5.99. The molecule has 0 unspecified atom stereocenters. The molecule has 3 rings (SSSR count). The molecule has 22 heavy (non-hydrogen) atoms. The van der Waals surface area contributed by atoms with E-state index in [-0.39, 0.29) is 12.3 Å². The molecule has 0 aliphatic rings. The zero-order chi connectivity index (χ0) is 15.7. The Morgan fingerprint density at radius 3 is 2.73 bits per heavy atom. The van der Waals surface area contributed by atoms with E-state index in [4.69, 9.17) is 23.2 Å². The van der Waals surface area contributed by atoms with Gasteiger partial charge in [-0.3, -0.25) is 4.79 Å². The van der Waals surface area contributed by atoms with Crippen LogP contribution in [0.15, 0.2) is 42.7 Å². The summed E-state index contributed by atoms with van der Waals surface area (Å²) >= 11 is 11.8. The van der Waals surface area contributed by atoms with Gasteiger partial charge in [0.1, 0.15) is 5.65 Å². The van der Waals surface area contributed by atoms with Crippen LogP contribution < -0.4 is 5.32 Å². The van der Waals surface area contributed by atoms with Crippen molar-refractivity contribution in [2.24, 2.45) is 0 Å². The summed E-state index contributed by atoms with van der Waals surface area (Å²) in [6.07, 6.45) is 3.76. The molecule has 6 heteroatoms. The molecule has 1 N–H and O–H groups in total. The zero-order valence-corrected chi connectivity index (χ0v) is 13.3. The number of benzene rings is 1. The van der Waals surface area contributed by atoms with E-state index in [2.05, 4.69) is 10.3 Å². The van der Waals surface area contributed by atoms with Gasteiger partial charge in [0.25, 0.3) is 0 Å².